The molecule has 0 saturated heterocycles. The lowest BCUT2D eigenvalue weighted by atomic mass is 10.3. The van der Waals surface area contributed by atoms with Crippen molar-refractivity contribution in [2.45, 2.75) is 6.42 Å². The maximum absolute atomic E-state index is 8.43. The molecule has 0 bridgehead atoms. The summed E-state index contributed by atoms with van der Waals surface area (Å²) in [6, 6.07) is 3.68. The molecular weight excluding hydrogens is 174 g/mol. The number of halogens is 1. The fourth-order valence-electron chi connectivity index (χ4n) is 0.656. The molecule has 1 heterocycles. The number of pyridine rings is 1. The molecular formula is C9H10ClNO. The Morgan fingerprint density at radius 2 is 2.00 bits per heavy atom. The number of hydrogen-bond acceptors (Lipinski definition) is 2. The topological polar surface area (TPSA) is 33.1 Å². The summed E-state index contributed by atoms with van der Waals surface area (Å²) in [5.41, 5.74) is 0.938. The molecule has 0 aromatic carbocycles. The largest absolute Gasteiger partial charge is 0.395 e. The minimum absolute atomic E-state index is 0. The van der Waals surface area contributed by atoms with Crippen LogP contribution in [0.15, 0.2) is 24.5 Å². The molecule has 0 spiro atoms. The molecule has 1 N–H and O–H groups in total. The van der Waals surface area contributed by atoms with Crippen LogP contribution in [0.2, 0.25) is 0 Å². The average Bonchev–Trinajstić information content (AvgIpc) is 2.07. The van der Waals surface area contributed by atoms with Crippen LogP contribution in [0.1, 0.15) is 12.0 Å². The molecule has 0 aliphatic rings. The van der Waals surface area contributed by atoms with Gasteiger partial charge in [-0.25, -0.2) is 0 Å². The highest BCUT2D eigenvalue weighted by molar-refractivity contribution is 5.85. The minimum Gasteiger partial charge on any atom is -0.395 e. The second-order valence-electron chi connectivity index (χ2n) is 2.01. The lowest BCUT2D eigenvalue weighted by Crippen LogP contribution is -1.77. The Bertz CT molecular complexity index is 263. The van der Waals surface area contributed by atoms with E-state index in [1.807, 2.05) is 12.1 Å². The third-order valence-electron chi connectivity index (χ3n) is 1.15. The minimum atomic E-state index is 0. The molecule has 0 atom stereocenters. The third-order valence-corrected chi connectivity index (χ3v) is 1.15. The first-order chi connectivity index (χ1) is 5.43. The van der Waals surface area contributed by atoms with Crippen molar-refractivity contribution in [2.24, 2.45) is 0 Å². The molecule has 0 aliphatic carbocycles. The Hall–Kier alpha value is -1.04. The van der Waals surface area contributed by atoms with E-state index < -0.39 is 0 Å². The van der Waals surface area contributed by atoms with Gasteiger partial charge in [-0.1, -0.05) is 11.8 Å². The van der Waals surface area contributed by atoms with Crippen LogP contribution in [-0.2, 0) is 0 Å². The fraction of sp³-hybridized carbons (Fsp3) is 0.222. The van der Waals surface area contributed by atoms with Crippen LogP contribution in [0.4, 0.5) is 0 Å². The molecule has 2 nitrogen and oxygen atoms in total. The number of aromatic nitrogens is 1. The molecule has 1 aromatic rings. The first-order valence-electron chi connectivity index (χ1n) is 3.43. The van der Waals surface area contributed by atoms with Crippen LogP contribution in [-0.4, -0.2) is 16.7 Å². The van der Waals surface area contributed by atoms with Gasteiger partial charge < -0.3 is 5.11 Å². The molecule has 0 fully saturated rings. The quantitative estimate of drug-likeness (QED) is 0.665. The van der Waals surface area contributed by atoms with Crippen molar-refractivity contribution in [3.8, 4) is 11.8 Å². The average molecular weight is 184 g/mol. The van der Waals surface area contributed by atoms with Gasteiger partial charge in [-0.05, 0) is 12.1 Å². The number of aliphatic hydroxyl groups excluding tert-OH is 1. The van der Waals surface area contributed by atoms with Crippen LogP contribution in [0.25, 0.3) is 0 Å². The summed E-state index contributed by atoms with van der Waals surface area (Å²) in [7, 11) is 0. The van der Waals surface area contributed by atoms with Crippen molar-refractivity contribution in [3.05, 3.63) is 30.1 Å². The smallest absolute Gasteiger partial charge is 0.0540 e. The van der Waals surface area contributed by atoms with Crippen molar-refractivity contribution < 1.29 is 5.11 Å². The van der Waals surface area contributed by atoms with Crippen LogP contribution >= 0.6 is 12.4 Å². The van der Waals surface area contributed by atoms with Crippen LogP contribution in [0, 0.1) is 11.8 Å². The first kappa shape index (κ1) is 11.0. The van der Waals surface area contributed by atoms with Gasteiger partial charge in [0, 0.05) is 24.4 Å². The predicted molar refractivity (Wildman–Crippen MR) is 50.1 cm³/mol. The summed E-state index contributed by atoms with van der Waals surface area (Å²) in [5.74, 6) is 5.72. The summed E-state index contributed by atoms with van der Waals surface area (Å²) in [6.45, 7) is 0.123. The number of nitrogens with zero attached hydrogens (tertiary/aromatic N) is 1. The second-order valence-corrected chi connectivity index (χ2v) is 2.01. The van der Waals surface area contributed by atoms with E-state index in [0.29, 0.717) is 6.42 Å². The molecule has 12 heavy (non-hydrogen) atoms. The van der Waals surface area contributed by atoms with E-state index in [4.69, 9.17) is 5.11 Å². The zero-order chi connectivity index (χ0) is 7.94. The van der Waals surface area contributed by atoms with Gasteiger partial charge in [0.25, 0.3) is 0 Å². The monoisotopic (exact) mass is 183 g/mol. The zero-order valence-corrected chi connectivity index (χ0v) is 7.34. The summed E-state index contributed by atoms with van der Waals surface area (Å²) in [5, 5.41) is 8.43. The van der Waals surface area contributed by atoms with E-state index in [-0.39, 0.29) is 19.0 Å². The van der Waals surface area contributed by atoms with Gasteiger partial charge in [0.1, 0.15) is 0 Å². The summed E-state index contributed by atoms with van der Waals surface area (Å²) < 4.78 is 0. The molecule has 0 unspecified atom stereocenters. The Morgan fingerprint density at radius 1 is 1.33 bits per heavy atom. The number of hydrogen-bond donors (Lipinski definition) is 1. The molecule has 1 rings (SSSR count). The van der Waals surface area contributed by atoms with Gasteiger partial charge in [0.15, 0.2) is 0 Å². The maximum atomic E-state index is 8.43. The number of aliphatic hydroxyl groups is 1. The van der Waals surface area contributed by atoms with Crippen molar-refractivity contribution in [1.29, 1.82) is 0 Å². The Balaban J connectivity index is 0.00000121. The highest BCUT2D eigenvalue weighted by atomic mass is 35.5. The van der Waals surface area contributed by atoms with Gasteiger partial charge in [0.05, 0.1) is 6.61 Å². The van der Waals surface area contributed by atoms with Gasteiger partial charge in [-0.15, -0.1) is 12.4 Å². The van der Waals surface area contributed by atoms with E-state index in [1.54, 1.807) is 12.4 Å². The lowest BCUT2D eigenvalue weighted by molar-refractivity contribution is 0.305. The molecule has 1 aromatic heterocycles. The predicted octanol–water partition coefficient (Wildman–Crippen LogP) is 1.24. The van der Waals surface area contributed by atoms with E-state index in [2.05, 4.69) is 16.8 Å². The van der Waals surface area contributed by atoms with E-state index in [9.17, 15) is 0 Å². The first-order valence-corrected chi connectivity index (χ1v) is 3.43. The van der Waals surface area contributed by atoms with Crippen molar-refractivity contribution in [2.75, 3.05) is 6.61 Å². The van der Waals surface area contributed by atoms with Crippen molar-refractivity contribution >= 4 is 12.4 Å². The van der Waals surface area contributed by atoms with Crippen LogP contribution in [0.3, 0.4) is 0 Å². The standard InChI is InChI=1S/C9H9NO.ClH/c11-8-2-1-3-9-4-6-10-7-5-9;/h4-7,11H,2,8H2;1H. The zero-order valence-electron chi connectivity index (χ0n) is 6.53. The fourth-order valence-corrected chi connectivity index (χ4v) is 0.656. The third kappa shape index (κ3) is 3.97. The van der Waals surface area contributed by atoms with E-state index in [0.717, 1.165) is 5.56 Å². The molecule has 3 heteroatoms. The van der Waals surface area contributed by atoms with Crippen LogP contribution < -0.4 is 0 Å². The molecule has 64 valence electrons. The summed E-state index contributed by atoms with van der Waals surface area (Å²) >= 11 is 0. The van der Waals surface area contributed by atoms with Crippen molar-refractivity contribution in [3.63, 3.8) is 0 Å². The second kappa shape index (κ2) is 6.66. The number of rotatable bonds is 1. The van der Waals surface area contributed by atoms with Gasteiger partial charge in [-0.2, -0.15) is 0 Å². The summed E-state index contributed by atoms with van der Waals surface area (Å²) in [6.07, 6.45) is 3.92. The Kier molecular flexibility index (Phi) is 6.08. The SMILES string of the molecule is Cl.OCCC#Cc1ccncc1. The van der Waals surface area contributed by atoms with Gasteiger partial charge in [-0.3, -0.25) is 4.98 Å². The molecule has 0 amide bonds. The molecule has 0 saturated carbocycles. The maximum Gasteiger partial charge on any atom is 0.0540 e. The Labute approximate surface area is 78.1 Å². The van der Waals surface area contributed by atoms with Gasteiger partial charge in [0.2, 0.25) is 0 Å². The van der Waals surface area contributed by atoms with E-state index in [1.165, 1.54) is 0 Å². The van der Waals surface area contributed by atoms with Crippen molar-refractivity contribution in [1.82, 2.24) is 4.98 Å². The van der Waals surface area contributed by atoms with E-state index >= 15 is 0 Å². The molecule has 0 radical (unpaired) electrons. The van der Waals surface area contributed by atoms with Gasteiger partial charge >= 0.3 is 0 Å². The Morgan fingerprint density at radius 3 is 2.58 bits per heavy atom. The van der Waals surface area contributed by atoms with Crippen LogP contribution in [0.5, 0.6) is 0 Å². The highest BCUT2D eigenvalue weighted by Gasteiger charge is 1.80. The highest BCUT2D eigenvalue weighted by Crippen LogP contribution is 1.91. The summed E-state index contributed by atoms with van der Waals surface area (Å²) in [4.78, 5) is 3.86. The lowest BCUT2D eigenvalue weighted by Gasteiger charge is -1.84. The normalized spacial score (nSPS) is 7.75. The molecule has 0 aliphatic heterocycles.